The van der Waals surface area contributed by atoms with Crippen LogP contribution in [0.15, 0.2) is 37.1 Å². The van der Waals surface area contributed by atoms with E-state index >= 15 is 0 Å². The molecule has 0 spiro atoms. The second-order valence-corrected chi connectivity index (χ2v) is 3.84. The molecule has 84 valence electrons. The summed E-state index contributed by atoms with van der Waals surface area (Å²) in [7, 11) is 0. The SMILES string of the molecule is CCc1ncncc1-c1cccc2[nH]cnc12. The van der Waals surface area contributed by atoms with E-state index in [-0.39, 0.29) is 0 Å². The molecule has 4 nitrogen and oxygen atoms in total. The average molecular weight is 224 g/mol. The van der Waals surface area contributed by atoms with Crippen LogP contribution in [0.2, 0.25) is 0 Å². The van der Waals surface area contributed by atoms with E-state index in [2.05, 4.69) is 32.9 Å². The first-order valence-corrected chi connectivity index (χ1v) is 5.61. The van der Waals surface area contributed by atoms with E-state index in [1.807, 2.05) is 18.3 Å². The van der Waals surface area contributed by atoms with E-state index in [1.165, 1.54) is 0 Å². The maximum Gasteiger partial charge on any atom is 0.115 e. The summed E-state index contributed by atoms with van der Waals surface area (Å²) >= 11 is 0. The summed E-state index contributed by atoms with van der Waals surface area (Å²) in [5.74, 6) is 0. The van der Waals surface area contributed by atoms with Crippen molar-refractivity contribution in [2.24, 2.45) is 0 Å². The van der Waals surface area contributed by atoms with Crippen molar-refractivity contribution in [3.8, 4) is 11.1 Å². The molecule has 0 unspecified atom stereocenters. The van der Waals surface area contributed by atoms with Crippen molar-refractivity contribution in [3.05, 3.63) is 42.7 Å². The molecule has 1 aromatic carbocycles. The summed E-state index contributed by atoms with van der Waals surface area (Å²) in [5.41, 5.74) is 5.20. The fourth-order valence-corrected chi connectivity index (χ4v) is 2.04. The number of benzene rings is 1. The van der Waals surface area contributed by atoms with Gasteiger partial charge in [0.2, 0.25) is 0 Å². The summed E-state index contributed by atoms with van der Waals surface area (Å²) in [6, 6.07) is 6.09. The minimum atomic E-state index is 0.888. The number of nitrogens with one attached hydrogen (secondary N) is 1. The molecule has 0 radical (unpaired) electrons. The predicted molar refractivity (Wildman–Crippen MR) is 66.5 cm³/mol. The summed E-state index contributed by atoms with van der Waals surface area (Å²) < 4.78 is 0. The van der Waals surface area contributed by atoms with Crippen LogP contribution in [-0.4, -0.2) is 19.9 Å². The number of rotatable bonds is 2. The third-order valence-electron chi connectivity index (χ3n) is 2.87. The van der Waals surface area contributed by atoms with Crippen LogP contribution < -0.4 is 0 Å². The molecule has 2 heterocycles. The highest BCUT2D eigenvalue weighted by atomic mass is 14.9. The molecular weight excluding hydrogens is 212 g/mol. The average Bonchev–Trinajstić information content (AvgIpc) is 2.86. The molecule has 0 bridgehead atoms. The minimum Gasteiger partial charge on any atom is -0.345 e. The van der Waals surface area contributed by atoms with E-state index in [0.29, 0.717) is 0 Å². The number of fused-ring (bicyclic) bond motifs is 1. The van der Waals surface area contributed by atoms with Gasteiger partial charge in [0.25, 0.3) is 0 Å². The number of H-pyrrole nitrogens is 1. The smallest absolute Gasteiger partial charge is 0.115 e. The zero-order valence-electron chi connectivity index (χ0n) is 9.51. The zero-order valence-corrected chi connectivity index (χ0v) is 9.51. The Morgan fingerprint density at radius 2 is 2.12 bits per heavy atom. The Morgan fingerprint density at radius 3 is 3.00 bits per heavy atom. The van der Waals surface area contributed by atoms with Gasteiger partial charge >= 0.3 is 0 Å². The maximum atomic E-state index is 4.36. The van der Waals surface area contributed by atoms with Crippen molar-refractivity contribution in [1.82, 2.24) is 19.9 Å². The summed E-state index contributed by atoms with van der Waals surface area (Å²) in [5, 5.41) is 0. The summed E-state index contributed by atoms with van der Waals surface area (Å²) in [4.78, 5) is 15.9. The molecule has 0 fully saturated rings. The first-order chi connectivity index (χ1) is 8.40. The van der Waals surface area contributed by atoms with E-state index in [9.17, 15) is 0 Å². The fourth-order valence-electron chi connectivity index (χ4n) is 2.04. The molecule has 0 amide bonds. The second kappa shape index (κ2) is 3.97. The van der Waals surface area contributed by atoms with Gasteiger partial charge in [-0.2, -0.15) is 0 Å². The van der Waals surface area contributed by atoms with Crippen LogP contribution in [0.3, 0.4) is 0 Å². The molecule has 0 aliphatic carbocycles. The molecule has 0 aliphatic heterocycles. The number of nitrogens with zero attached hydrogens (tertiary/aromatic N) is 3. The number of hydrogen-bond donors (Lipinski definition) is 1. The molecule has 3 aromatic rings. The highest BCUT2D eigenvalue weighted by molar-refractivity contribution is 5.92. The van der Waals surface area contributed by atoms with Crippen molar-refractivity contribution in [1.29, 1.82) is 0 Å². The lowest BCUT2D eigenvalue weighted by atomic mass is 10.0. The largest absolute Gasteiger partial charge is 0.345 e. The van der Waals surface area contributed by atoms with Gasteiger partial charge in [-0.1, -0.05) is 19.1 Å². The molecule has 4 heteroatoms. The molecule has 3 rings (SSSR count). The Bertz CT molecular complexity index is 657. The van der Waals surface area contributed by atoms with Gasteiger partial charge in [0, 0.05) is 17.3 Å². The standard InChI is InChI=1S/C13H12N4/c1-2-11-10(6-14-7-15-11)9-4-3-5-12-13(9)17-8-16-12/h3-8H,2H2,1H3,(H,16,17). The van der Waals surface area contributed by atoms with Crippen molar-refractivity contribution in [2.75, 3.05) is 0 Å². The Kier molecular flexibility index (Phi) is 2.33. The summed E-state index contributed by atoms with van der Waals surface area (Å²) in [6.45, 7) is 2.09. The molecular formula is C13H12N4. The van der Waals surface area contributed by atoms with Crippen LogP contribution in [0.25, 0.3) is 22.2 Å². The molecule has 0 aliphatic rings. The molecule has 17 heavy (non-hydrogen) atoms. The molecule has 2 aromatic heterocycles. The van der Waals surface area contributed by atoms with Gasteiger partial charge in [-0.3, -0.25) is 0 Å². The molecule has 0 atom stereocenters. The first-order valence-electron chi connectivity index (χ1n) is 5.61. The molecule has 0 saturated heterocycles. The van der Waals surface area contributed by atoms with Crippen LogP contribution in [0.5, 0.6) is 0 Å². The third-order valence-corrected chi connectivity index (χ3v) is 2.87. The first kappa shape index (κ1) is 9.96. The number of para-hydroxylation sites is 1. The molecule has 0 saturated carbocycles. The number of imidazole rings is 1. The van der Waals surface area contributed by atoms with E-state index in [1.54, 1.807) is 12.7 Å². The van der Waals surface area contributed by atoms with Gasteiger partial charge < -0.3 is 4.98 Å². The van der Waals surface area contributed by atoms with Crippen LogP contribution in [0, 0.1) is 0 Å². The van der Waals surface area contributed by atoms with Crippen LogP contribution in [0.1, 0.15) is 12.6 Å². The lowest BCUT2D eigenvalue weighted by Gasteiger charge is -2.06. The van der Waals surface area contributed by atoms with Gasteiger partial charge in [-0.05, 0) is 12.5 Å². The van der Waals surface area contributed by atoms with Crippen molar-refractivity contribution < 1.29 is 0 Å². The van der Waals surface area contributed by atoms with Gasteiger partial charge in [-0.25, -0.2) is 15.0 Å². The number of aromatic amines is 1. The van der Waals surface area contributed by atoms with Crippen LogP contribution >= 0.6 is 0 Å². The van der Waals surface area contributed by atoms with Crippen molar-refractivity contribution >= 4 is 11.0 Å². The van der Waals surface area contributed by atoms with Crippen LogP contribution in [0.4, 0.5) is 0 Å². The van der Waals surface area contributed by atoms with E-state index in [0.717, 1.165) is 34.3 Å². The Labute approximate surface area is 98.8 Å². The number of aryl methyl sites for hydroxylation is 1. The van der Waals surface area contributed by atoms with E-state index in [4.69, 9.17) is 0 Å². The lowest BCUT2D eigenvalue weighted by molar-refractivity contribution is 1.00. The third kappa shape index (κ3) is 1.58. The minimum absolute atomic E-state index is 0.888. The quantitative estimate of drug-likeness (QED) is 0.727. The number of hydrogen-bond acceptors (Lipinski definition) is 3. The van der Waals surface area contributed by atoms with Gasteiger partial charge in [0.05, 0.1) is 23.1 Å². The highest BCUT2D eigenvalue weighted by Crippen LogP contribution is 2.27. The van der Waals surface area contributed by atoms with Crippen LogP contribution in [-0.2, 0) is 6.42 Å². The maximum absolute atomic E-state index is 4.36. The van der Waals surface area contributed by atoms with E-state index < -0.39 is 0 Å². The summed E-state index contributed by atoms with van der Waals surface area (Å²) in [6.07, 6.45) is 6.05. The Morgan fingerprint density at radius 1 is 1.18 bits per heavy atom. The Balaban J connectivity index is 2.30. The van der Waals surface area contributed by atoms with Gasteiger partial charge in [-0.15, -0.1) is 0 Å². The topological polar surface area (TPSA) is 54.5 Å². The fraction of sp³-hybridized carbons (Fsp3) is 0.154. The predicted octanol–water partition coefficient (Wildman–Crippen LogP) is 2.58. The lowest BCUT2D eigenvalue weighted by Crippen LogP contribution is -1.93. The van der Waals surface area contributed by atoms with Gasteiger partial charge in [0.15, 0.2) is 0 Å². The highest BCUT2D eigenvalue weighted by Gasteiger charge is 2.09. The second-order valence-electron chi connectivity index (χ2n) is 3.84. The molecule has 1 N–H and O–H groups in total. The van der Waals surface area contributed by atoms with Gasteiger partial charge in [0.1, 0.15) is 6.33 Å². The number of aromatic nitrogens is 4. The van der Waals surface area contributed by atoms with Crippen molar-refractivity contribution in [3.63, 3.8) is 0 Å². The van der Waals surface area contributed by atoms with Crippen molar-refractivity contribution in [2.45, 2.75) is 13.3 Å². The Hall–Kier alpha value is -2.23. The monoisotopic (exact) mass is 224 g/mol. The zero-order chi connectivity index (χ0) is 11.7. The normalized spacial score (nSPS) is 10.9.